The van der Waals surface area contributed by atoms with Gasteiger partial charge in [-0.1, -0.05) is 23.7 Å². The van der Waals surface area contributed by atoms with Gasteiger partial charge in [0.1, 0.15) is 5.60 Å². The predicted octanol–water partition coefficient (Wildman–Crippen LogP) is 5.04. The Bertz CT molecular complexity index is 496. The molecule has 0 N–H and O–H groups in total. The van der Waals surface area contributed by atoms with Crippen molar-refractivity contribution in [2.24, 2.45) is 5.92 Å². The lowest BCUT2D eigenvalue weighted by Gasteiger charge is -2.21. The Morgan fingerprint density at radius 1 is 1.36 bits per heavy atom. The number of carbonyl (C=O) groups is 1. The SMILES string of the molecule is CC(C)(C)OC(=O)C1CSC(CSCc2ccc(Cl)cc2)C1. The van der Waals surface area contributed by atoms with Gasteiger partial charge in [-0.15, -0.1) is 0 Å². The topological polar surface area (TPSA) is 26.3 Å². The van der Waals surface area contributed by atoms with E-state index in [1.54, 1.807) is 0 Å². The van der Waals surface area contributed by atoms with Gasteiger partial charge >= 0.3 is 5.97 Å². The highest BCUT2D eigenvalue weighted by atomic mass is 35.5. The molecule has 0 aliphatic carbocycles. The summed E-state index contributed by atoms with van der Waals surface area (Å²) in [6, 6.07) is 8.00. The number of hydrogen-bond acceptors (Lipinski definition) is 4. The second kappa shape index (κ2) is 7.98. The van der Waals surface area contributed by atoms with E-state index >= 15 is 0 Å². The van der Waals surface area contributed by atoms with Gasteiger partial charge in [0.15, 0.2) is 0 Å². The van der Waals surface area contributed by atoms with Crippen molar-refractivity contribution in [2.45, 2.75) is 43.8 Å². The van der Waals surface area contributed by atoms with E-state index in [4.69, 9.17) is 16.3 Å². The first-order valence-corrected chi connectivity index (χ1v) is 10.1. The van der Waals surface area contributed by atoms with Crippen molar-refractivity contribution in [3.05, 3.63) is 34.9 Å². The normalized spacial score (nSPS) is 21.8. The maximum atomic E-state index is 12.1. The van der Waals surface area contributed by atoms with Crippen LogP contribution < -0.4 is 0 Å². The van der Waals surface area contributed by atoms with Crippen LogP contribution in [0, 0.1) is 5.92 Å². The molecule has 2 nitrogen and oxygen atoms in total. The summed E-state index contributed by atoms with van der Waals surface area (Å²) in [4.78, 5) is 12.1. The Hall–Kier alpha value is -0.320. The summed E-state index contributed by atoms with van der Waals surface area (Å²) in [5.41, 5.74) is 0.907. The van der Waals surface area contributed by atoms with Gasteiger partial charge in [-0.05, 0) is 44.9 Å². The molecule has 22 heavy (non-hydrogen) atoms. The number of halogens is 1. The van der Waals surface area contributed by atoms with E-state index in [-0.39, 0.29) is 17.5 Å². The van der Waals surface area contributed by atoms with Crippen molar-refractivity contribution in [3.8, 4) is 0 Å². The predicted molar refractivity (Wildman–Crippen MR) is 97.8 cm³/mol. The zero-order valence-electron chi connectivity index (χ0n) is 13.3. The highest BCUT2D eigenvalue weighted by Crippen LogP contribution is 2.35. The maximum absolute atomic E-state index is 12.1. The highest BCUT2D eigenvalue weighted by molar-refractivity contribution is 8.03. The fourth-order valence-electron chi connectivity index (χ4n) is 2.26. The Labute approximate surface area is 146 Å². The van der Waals surface area contributed by atoms with Crippen LogP contribution in [0.15, 0.2) is 24.3 Å². The minimum absolute atomic E-state index is 0.0369. The first-order chi connectivity index (χ1) is 10.3. The lowest BCUT2D eigenvalue weighted by molar-refractivity contribution is -0.159. The Morgan fingerprint density at radius 2 is 2.05 bits per heavy atom. The molecule has 1 aromatic rings. The summed E-state index contributed by atoms with van der Waals surface area (Å²) in [6.07, 6.45) is 0.938. The molecule has 5 heteroatoms. The van der Waals surface area contributed by atoms with E-state index in [0.717, 1.165) is 28.7 Å². The third kappa shape index (κ3) is 6.05. The highest BCUT2D eigenvalue weighted by Gasteiger charge is 2.33. The summed E-state index contributed by atoms with van der Waals surface area (Å²) in [7, 11) is 0. The molecule has 1 aromatic carbocycles. The zero-order chi connectivity index (χ0) is 16.2. The molecule has 0 bridgehead atoms. The van der Waals surface area contributed by atoms with Gasteiger partial charge in [-0.3, -0.25) is 4.79 Å². The number of thioether (sulfide) groups is 2. The molecule has 0 amide bonds. The molecule has 1 fully saturated rings. The standard InChI is InChI=1S/C17H23ClO2S2/c1-17(2,3)20-16(19)13-8-15(22-10-13)11-21-9-12-4-6-14(18)7-5-12/h4-7,13,15H,8-11H2,1-3H3. The quantitative estimate of drug-likeness (QED) is 0.689. The molecule has 0 saturated carbocycles. The molecular weight excluding hydrogens is 336 g/mol. The van der Waals surface area contributed by atoms with Crippen LogP contribution >= 0.6 is 35.1 Å². The Kier molecular flexibility index (Phi) is 6.54. The van der Waals surface area contributed by atoms with E-state index in [2.05, 4.69) is 12.1 Å². The van der Waals surface area contributed by atoms with E-state index in [0.29, 0.717) is 5.25 Å². The molecular formula is C17H23ClO2S2. The lowest BCUT2D eigenvalue weighted by atomic mass is 10.1. The lowest BCUT2D eigenvalue weighted by Crippen LogP contribution is -2.29. The third-order valence-electron chi connectivity index (χ3n) is 3.31. The number of benzene rings is 1. The second-order valence-electron chi connectivity index (χ2n) is 6.56. The molecule has 0 aromatic heterocycles. The van der Waals surface area contributed by atoms with Gasteiger partial charge in [-0.2, -0.15) is 23.5 Å². The van der Waals surface area contributed by atoms with Crippen molar-refractivity contribution in [1.82, 2.24) is 0 Å². The first-order valence-electron chi connectivity index (χ1n) is 7.50. The number of rotatable bonds is 5. The Balaban J connectivity index is 1.70. The van der Waals surface area contributed by atoms with Crippen LogP contribution in [0.4, 0.5) is 0 Å². The molecule has 2 unspecified atom stereocenters. The molecule has 0 spiro atoms. The Morgan fingerprint density at radius 3 is 2.68 bits per heavy atom. The van der Waals surface area contributed by atoms with Crippen molar-refractivity contribution >= 4 is 41.1 Å². The van der Waals surface area contributed by atoms with E-state index in [9.17, 15) is 4.79 Å². The van der Waals surface area contributed by atoms with E-state index in [1.807, 2.05) is 56.4 Å². The molecule has 1 aliphatic heterocycles. The summed E-state index contributed by atoms with van der Waals surface area (Å²) in [6.45, 7) is 5.77. The summed E-state index contributed by atoms with van der Waals surface area (Å²) in [5, 5.41) is 1.33. The van der Waals surface area contributed by atoms with Crippen LogP contribution in [-0.2, 0) is 15.3 Å². The van der Waals surface area contributed by atoms with Crippen LogP contribution in [0.1, 0.15) is 32.8 Å². The summed E-state index contributed by atoms with van der Waals surface area (Å²) >= 11 is 9.71. The van der Waals surface area contributed by atoms with Crippen molar-refractivity contribution in [3.63, 3.8) is 0 Å². The minimum Gasteiger partial charge on any atom is -0.460 e. The third-order valence-corrected chi connectivity index (χ3v) is 6.37. The van der Waals surface area contributed by atoms with Gasteiger partial charge in [-0.25, -0.2) is 0 Å². The minimum atomic E-state index is -0.386. The van der Waals surface area contributed by atoms with Crippen molar-refractivity contribution in [1.29, 1.82) is 0 Å². The van der Waals surface area contributed by atoms with E-state index in [1.165, 1.54) is 5.56 Å². The molecule has 0 radical (unpaired) electrons. The number of ether oxygens (including phenoxy) is 1. The average Bonchev–Trinajstić information content (AvgIpc) is 2.88. The van der Waals surface area contributed by atoms with Crippen LogP contribution in [0.25, 0.3) is 0 Å². The summed E-state index contributed by atoms with van der Waals surface area (Å²) < 4.78 is 5.48. The van der Waals surface area contributed by atoms with E-state index < -0.39 is 0 Å². The second-order valence-corrected chi connectivity index (χ2v) is 9.36. The van der Waals surface area contributed by atoms with Gasteiger partial charge < -0.3 is 4.74 Å². The molecule has 2 atom stereocenters. The molecule has 2 rings (SSSR count). The monoisotopic (exact) mass is 358 g/mol. The molecule has 1 saturated heterocycles. The zero-order valence-corrected chi connectivity index (χ0v) is 15.7. The molecule has 1 aliphatic rings. The molecule has 1 heterocycles. The van der Waals surface area contributed by atoms with Crippen LogP contribution in [-0.4, -0.2) is 28.3 Å². The maximum Gasteiger partial charge on any atom is 0.310 e. The molecule has 122 valence electrons. The largest absolute Gasteiger partial charge is 0.460 e. The first kappa shape index (κ1) is 18.0. The van der Waals surface area contributed by atoms with Gasteiger partial charge in [0, 0.05) is 27.5 Å². The average molecular weight is 359 g/mol. The fraction of sp³-hybridized carbons (Fsp3) is 0.588. The van der Waals surface area contributed by atoms with Crippen LogP contribution in [0.5, 0.6) is 0 Å². The van der Waals surface area contributed by atoms with Crippen LogP contribution in [0.2, 0.25) is 5.02 Å². The summed E-state index contributed by atoms with van der Waals surface area (Å²) in [5.74, 6) is 2.98. The van der Waals surface area contributed by atoms with Crippen molar-refractivity contribution < 1.29 is 9.53 Å². The number of esters is 1. The fourth-order valence-corrected chi connectivity index (χ4v) is 5.15. The van der Waals surface area contributed by atoms with Crippen LogP contribution in [0.3, 0.4) is 0 Å². The number of carbonyl (C=O) groups excluding carboxylic acids is 1. The number of hydrogen-bond donors (Lipinski definition) is 0. The smallest absolute Gasteiger partial charge is 0.310 e. The van der Waals surface area contributed by atoms with Gasteiger partial charge in [0.2, 0.25) is 0 Å². The van der Waals surface area contributed by atoms with Crippen molar-refractivity contribution in [2.75, 3.05) is 11.5 Å². The van der Waals surface area contributed by atoms with Gasteiger partial charge in [0.05, 0.1) is 5.92 Å². The van der Waals surface area contributed by atoms with Gasteiger partial charge in [0.25, 0.3) is 0 Å².